The Kier molecular flexibility index (Phi) is 5.53. The molecule has 4 nitrogen and oxygen atoms in total. The van der Waals surface area contributed by atoms with Crippen molar-refractivity contribution in [1.82, 2.24) is 5.32 Å². The SMILES string of the molecule is CCNC1(C(N)=O)CCCC(Sc2ccc(OC)cc2)C1. The molecule has 2 rings (SSSR count). The van der Waals surface area contributed by atoms with Crippen molar-refractivity contribution in [3.05, 3.63) is 24.3 Å². The number of ether oxygens (including phenoxy) is 1. The van der Waals surface area contributed by atoms with Crippen molar-refractivity contribution in [3.8, 4) is 5.75 Å². The molecular formula is C16H24N2O2S. The van der Waals surface area contributed by atoms with Crippen LogP contribution in [0.15, 0.2) is 29.2 Å². The van der Waals surface area contributed by atoms with E-state index in [9.17, 15) is 4.79 Å². The van der Waals surface area contributed by atoms with Gasteiger partial charge in [0.15, 0.2) is 0 Å². The summed E-state index contributed by atoms with van der Waals surface area (Å²) in [5, 5.41) is 3.74. The Morgan fingerprint density at radius 1 is 1.48 bits per heavy atom. The van der Waals surface area contributed by atoms with Crippen LogP contribution in [-0.2, 0) is 4.79 Å². The molecule has 1 aliphatic rings. The molecule has 0 aromatic heterocycles. The Morgan fingerprint density at radius 3 is 2.76 bits per heavy atom. The Bertz CT molecular complexity index is 474. The van der Waals surface area contributed by atoms with Crippen molar-refractivity contribution >= 4 is 17.7 Å². The lowest BCUT2D eigenvalue weighted by atomic mass is 9.80. The van der Waals surface area contributed by atoms with Crippen molar-refractivity contribution < 1.29 is 9.53 Å². The van der Waals surface area contributed by atoms with Gasteiger partial charge >= 0.3 is 0 Å². The van der Waals surface area contributed by atoms with E-state index in [0.29, 0.717) is 5.25 Å². The summed E-state index contributed by atoms with van der Waals surface area (Å²) in [6, 6.07) is 8.07. The first-order chi connectivity index (χ1) is 10.1. The fraction of sp³-hybridized carbons (Fsp3) is 0.562. The van der Waals surface area contributed by atoms with Crippen LogP contribution in [0.25, 0.3) is 0 Å². The second-order valence-corrected chi connectivity index (χ2v) is 6.86. The molecule has 21 heavy (non-hydrogen) atoms. The van der Waals surface area contributed by atoms with Crippen molar-refractivity contribution in [1.29, 1.82) is 0 Å². The number of carbonyl (C=O) groups is 1. The number of carbonyl (C=O) groups excluding carboxylic acids is 1. The summed E-state index contributed by atoms with van der Waals surface area (Å²) in [4.78, 5) is 13.1. The van der Waals surface area contributed by atoms with Gasteiger partial charge in [-0.05, 0) is 56.5 Å². The predicted octanol–water partition coefficient (Wildman–Crippen LogP) is 2.56. The maximum atomic E-state index is 11.9. The first-order valence-corrected chi connectivity index (χ1v) is 8.33. The second kappa shape index (κ2) is 7.18. The van der Waals surface area contributed by atoms with Crippen LogP contribution in [0, 0.1) is 0 Å². The number of rotatable bonds is 6. The average molecular weight is 308 g/mol. The van der Waals surface area contributed by atoms with Crippen molar-refractivity contribution in [3.63, 3.8) is 0 Å². The fourth-order valence-corrected chi connectivity index (χ4v) is 4.31. The number of primary amides is 1. The molecule has 1 saturated carbocycles. The van der Waals surface area contributed by atoms with Gasteiger partial charge in [0.05, 0.1) is 12.6 Å². The zero-order chi connectivity index (χ0) is 15.3. The lowest BCUT2D eigenvalue weighted by Crippen LogP contribution is -2.58. The molecule has 1 aliphatic carbocycles. The third kappa shape index (κ3) is 3.92. The van der Waals surface area contributed by atoms with Gasteiger partial charge in [-0.3, -0.25) is 4.79 Å². The smallest absolute Gasteiger partial charge is 0.237 e. The molecule has 0 heterocycles. The summed E-state index contributed by atoms with van der Waals surface area (Å²) in [5.74, 6) is 0.645. The van der Waals surface area contributed by atoms with Gasteiger partial charge in [0.2, 0.25) is 5.91 Å². The summed E-state index contributed by atoms with van der Waals surface area (Å²) in [5.41, 5.74) is 5.12. The topological polar surface area (TPSA) is 64.3 Å². The lowest BCUT2D eigenvalue weighted by molar-refractivity contribution is -0.125. The quantitative estimate of drug-likeness (QED) is 0.848. The number of benzene rings is 1. The van der Waals surface area contributed by atoms with Crippen LogP contribution in [0.1, 0.15) is 32.6 Å². The minimum atomic E-state index is -0.531. The van der Waals surface area contributed by atoms with E-state index in [1.807, 2.05) is 30.8 Å². The van der Waals surface area contributed by atoms with E-state index in [-0.39, 0.29) is 5.91 Å². The third-order valence-corrected chi connectivity index (χ3v) is 5.33. The zero-order valence-electron chi connectivity index (χ0n) is 12.7. The fourth-order valence-electron chi connectivity index (χ4n) is 2.98. The maximum Gasteiger partial charge on any atom is 0.237 e. The Morgan fingerprint density at radius 2 is 2.19 bits per heavy atom. The maximum absolute atomic E-state index is 11.9. The van der Waals surface area contributed by atoms with Crippen LogP contribution in [0.2, 0.25) is 0 Å². The molecule has 0 aliphatic heterocycles. The summed E-state index contributed by atoms with van der Waals surface area (Å²) < 4.78 is 5.18. The normalized spacial score (nSPS) is 25.5. The van der Waals surface area contributed by atoms with Crippen molar-refractivity contribution in [2.75, 3.05) is 13.7 Å². The first-order valence-electron chi connectivity index (χ1n) is 7.45. The number of hydrogen-bond acceptors (Lipinski definition) is 4. The Labute approximate surface area is 130 Å². The number of nitrogens with one attached hydrogen (secondary N) is 1. The van der Waals surface area contributed by atoms with Gasteiger partial charge in [-0.1, -0.05) is 6.92 Å². The van der Waals surface area contributed by atoms with Crippen LogP contribution >= 0.6 is 11.8 Å². The first kappa shape index (κ1) is 16.2. The lowest BCUT2D eigenvalue weighted by Gasteiger charge is -2.39. The van der Waals surface area contributed by atoms with E-state index in [4.69, 9.17) is 10.5 Å². The minimum Gasteiger partial charge on any atom is -0.497 e. The number of methoxy groups -OCH3 is 1. The predicted molar refractivity (Wildman–Crippen MR) is 86.7 cm³/mol. The standard InChI is InChI=1S/C16H24N2O2S/c1-3-18-16(15(17)19)10-4-5-14(11-16)21-13-8-6-12(20-2)7-9-13/h6-9,14,18H,3-5,10-11H2,1-2H3,(H2,17,19). The highest BCUT2D eigenvalue weighted by molar-refractivity contribution is 8.00. The molecule has 116 valence electrons. The van der Waals surface area contributed by atoms with E-state index in [2.05, 4.69) is 17.4 Å². The summed E-state index contributed by atoms with van der Waals surface area (Å²) in [6.07, 6.45) is 3.80. The molecule has 5 heteroatoms. The van der Waals surface area contributed by atoms with E-state index in [1.54, 1.807) is 7.11 Å². The number of thioether (sulfide) groups is 1. The number of hydrogen-bond donors (Lipinski definition) is 2. The Hall–Kier alpha value is -1.20. The molecule has 2 atom stereocenters. The van der Waals surface area contributed by atoms with Gasteiger partial charge in [-0.2, -0.15) is 0 Å². The molecular weight excluding hydrogens is 284 g/mol. The summed E-state index contributed by atoms with van der Waals surface area (Å²) >= 11 is 1.83. The molecule has 1 aromatic carbocycles. The highest BCUT2D eigenvalue weighted by Crippen LogP contribution is 2.38. The second-order valence-electron chi connectivity index (χ2n) is 5.49. The largest absolute Gasteiger partial charge is 0.497 e. The van der Waals surface area contributed by atoms with E-state index >= 15 is 0 Å². The van der Waals surface area contributed by atoms with E-state index in [1.165, 1.54) is 4.90 Å². The molecule has 0 radical (unpaired) electrons. The van der Waals surface area contributed by atoms with Crippen LogP contribution in [-0.4, -0.2) is 30.4 Å². The molecule has 0 saturated heterocycles. The monoisotopic (exact) mass is 308 g/mol. The van der Waals surface area contributed by atoms with Crippen LogP contribution in [0.5, 0.6) is 5.75 Å². The van der Waals surface area contributed by atoms with E-state index < -0.39 is 5.54 Å². The summed E-state index contributed by atoms with van der Waals surface area (Å²) in [7, 11) is 1.67. The minimum absolute atomic E-state index is 0.218. The number of likely N-dealkylation sites (N-methyl/N-ethyl adjacent to an activating group) is 1. The molecule has 3 N–H and O–H groups in total. The highest BCUT2D eigenvalue weighted by atomic mass is 32.2. The van der Waals surface area contributed by atoms with Gasteiger partial charge in [-0.25, -0.2) is 0 Å². The van der Waals surface area contributed by atoms with Crippen LogP contribution in [0.3, 0.4) is 0 Å². The molecule has 1 fully saturated rings. The summed E-state index contributed by atoms with van der Waals surface area (Å²) in [6.45, 7) is 2.79. The molecule has 0 bridgehead atoms. The van der Waals surface area contributed by atoms with Gasteiger partial charge in [-0.15, -0.1) is 11.8 Å². The molecule has 1 aromatic rings. The van der Waals surface area contributed by atoms with Crippen LogP contribution < -0.4 is 15.8 Å². The molecule has 0 spiro atoms. The zero-order valence-corrected chi connectivity index (χ0v) is 13.5. The van der Waals surface area contributed by atoms with E-state index in [0.717, 1.165) is 38.0 Å². The van der Waals surface area contributed by atoms with Gasteiger partial charge in [0, 0.05) is 10.1 Å². The van der Waals surface area contributed by atoms with Gasteiger partial charge in [0.1, 0.15) is 5.75 Å². The Balaban J connectivity index is 2.04. The third-order valence-electron chi connectivity index (χ3n) is 4.05. The van der Waals surface area contributed by atoms with Crippen LogP contribution in [0.4, 0.5) is 0 Å². The van der Waals surface area contributed by atoms with Gasteiger partial charge in [0.25, 0.3) is 0 Å². The highest BCUT2D eigenvalue weighted by Gasteiger charge is 2.40. The van der Waals surface area contributed by atoms with Gasteiger partial charge < -0.3 is 15.8 Å². The van der Waals surface area contributed by atoms with Crippen molar-refractivity contribution in [2.45, 2.75) is 48.3 Å². The average Bonchev–Trinajstić information content (AvgIpc) is 2.48. The van der Waals surface area contributed by atoms with Crippen molar-refractivity contribution in [2.24, 2.45) is 5.73 Å². The molecule has 2 unspecified atom stereocenters. The number of amides is 1. The number of nitrogens with two attached hydrogens (primary N) is 1. The molecule has 1 amide bonds.